The maximum absolute atomic E-state index is 13.5. The summed E-state index contributed by atoms with van der Waals surface area (Å²) < 4.78 is 19.2. The minimum atomic E-state index is -0.785. The van der Waals surface area contributed by atoms with Crippen LogP contribution >= 0.6 is 11.6 Å². The third-order valence-electron chi connectivity index (χ3n) is 5.70. The lowest BCUT2D eigenvalue weighted by molar-refractivity contribution is -0.143. The molecule has 0 fully saturated rings. The van der Waals surface area contributed by atoms with E-state index in [0.717, 1.165) is 12.0 Å². The molecule has 2 amide bonds. The van der Waals surface area contributed by atoms with Crippen molar-refractivity contribution < 1.29 is 18.7 Å². The summed E-state index contributed by atoms with van der Waals surface area (Å²) in [4.78, 5) is 28.4. The van der Waals surface area contributed by atoms with Gasteiger partial charge in [0.15, 0.2) is 6.61 Å². The zero-order valence-electron chi connectivity index (χ0n) is 19.9. The number of carbonyl (C=O) groups is 2. The number of hydrogen-bond acceptors (Lipinski definition) is 3. The molecule has 0 spiro atoms. The van der Waals surface area contributed by atoms with E-state index in [1.54, 1.807) is 36.4 Å². The van der Waals surface area contributed by atoms with Gasteiger partial charge in [0.25, 0.3) is 5.91 Å². The van der Waals surface area contributed by atoms with Crippen LogP contribution in [0.2, 0.25) is 5.02 Å². The van der Waals surface area contributed by atoms with Crippen LogP contribution < -0.4 is 10.1 Å². The molecule has 0 saturated heterocycles. The Morgan fingerprint density at radius 2 is 1.71 bits per heavy atom. The van der Waals surface area contributed by atoms with Crippen LogP contribution in [0.4, 0.5) is 4.39 Å². The summed E-state index contributed by atoms with van der Waals surface area (Å²) in [6, 6.07) is 21.4. The largest absolute Gasteiger partial charge is 0.484 e. The van der Waals surface area contributed by atoms with Crippen molar-refractivity contribution in [2.24, 2.45) is 0 Å². The van der Waals surface area contributed by atoms with Crippen molar-refractivity contribution in [1.29, 1.82) is 0 Å². The lowest BCUT2D eigenvalue weighted by atomic mass is 10.0. The van der Waals surface area contributed by atoms with E-state index in [0.29, 0.717) is 22.8 Å². The van der Waals surface area contributed by atoms with Crippen LogP contribution in [0.1, 0.15) is 31.4 Å². The molecule has 3 aromatic rings. The smallest absolute Gasteiger partial charge is 0.261 e. The lowest BCUT2D eigenvalue weighted by Crippen LogP contribution is -2.53. The Labute approximate surface area is 210 Å². The quantitative estimate of drug-likeness (QED) is 0.386. The number of amides is 2. The Morgan fingerprint density at radius 1 is 1.00 bits per heavy atom. The van der Waals surface area contributed by atoms with Crippen molar-refractivity contribution >= 4 is 23.4 Å². The molecular weight excluding hydrogens is 467 g/mol. The lowest BCUT2D eigenvalue weighted by Gasteiger charge is -2.32. The van der Waals surface area contributed by atoms with Crippen LogP contribution in [0, 0.1) is 5.82 Å². The van der Waals surface area contributed by atoms with Crippen LogP contribution in [0.25, 0.3) is 0 Å². The molecule has 0 aliphatic heterocycles. The number of benzene rings is 3. The molecule has 3 rings (SSSR count). The van der Waals surface area contributed by atoms with Gasteiger partial charge in [-0.15, -0.1) is 0 Å². The molecule has 0 radical (unpaired) electrons. The molecule has 0 aliphatic rings. The monoisotopic (exact) mass is 496 g/mol. The van der Waals surface area contributed by atoms with Crippen LogP contribution in [-0.2, 0) is 22.6 Å². The molecule has 3 aromatic carbocycles. The summed E-state index contributed by atoms with van der Waals surface area (Å²) in [7, 11) is 0. The molecule has 0 aliphatic carbocycles. The summed E-state index contributed by atoms with van der Waals surface area (Å²) in [5.74, 6) is -0.529. The highest BCUT2D eigenvalue weighted by Crippen LogP contribution is 2.19. The average molecular weight is 497 g/mol. The Bertz CT molecular complexity index is 1110. The molecular formula is C28H30ClFN2O3. The van der Waals surface area contributed by atoms with Gasteiger partial charge in [-0.05, 0) is 54.8 Å². The normalized spacial score (nSPS) is 12.5. The molecule has 0 saturated carbocycles. The molecule has 184 valence electrons. The highest BCUT2D eigenvalue weighted by atomic mass is 35.5. The van der Waals surface area contributed by atoms with Crippen molar-refractivity contribution in [3.63, 3.8) is 0 Å². The van der Waals surface area contributed by atoms with E-state index in [-0.39, 0.29) is 36.8 Å². The predicted molar refractivity (Wildman–Crippen MR) is 136 cm³/mol. The molecule has 7 heteroatoms. The number of hydrogen-bond donors (Lipinski definition) is 1. The number of halogens is 2. The predicted octanol–water partition coefficient (Wildman–Crippen LogP) is 5.41. The van der Waals surface area contributed by atoms with E-state index in [1.165, 1.54) is 17.0 Å². The molecule has 0 heterocycles. The third-order valence-corrected chi connectivity index (χ3v) is 5.93. The average Bonchev–Trinajstić information content (AvgIpc) is 2.86. The second kappa shape index (κ2) is 12.9. The summed E-state index contributed by atoms with van der Waals surface area (Å²) in [6.45, 7) is 3.76. The minimum Gasteiger partial charge on any atom is -0.484 e. The van der Waals surface area contributed by atoms with Gasteiger partial charge in [-0.1, -0.05) is 67.1 Å². The van der Waals surface area contributed by atoms with Gasteiger partial charge in [0.05, 0.1) is 0 Å². The second-order valence-corrected chi connectivity index (χ2v) is 8.85. The van der Waals surface area contributed by atoms with Crippen molar-refractivity contribution in [3.05, 3.63) is 101 Å². The van der Waals surface area contributed by atoms with E-state index < -0.39 is 6.04 Å². The van der Waals surface area contributed by atoms with Crippen LogP contribution in [0.3, 0.4) is 0 Å². The van der Waals surface area contributed by atoms with Crippen molar-refractivity contribution in [3.8, 4) is 5.75 Å². The van der Waals surface area contributed by atoms with Crippen LogP contribution in [0.15, 0.2) is 78.9 Å². The standard InChI is InChI=1S/C28H30ClFN2O3/c1-3-20(2)31-28(34)26(16-21-8-5-4-6-9-21)32(18-22-12-14-24(30)15-13-22)27(33)19-35-25-11-7-10-23(29)17-25/h4-15,17,20,26H,3,16,18-19H2,1-2H3,(H,31,34). The number of carbonyl (C=O) groups excluding carboxylic acids is 2. The van der Waals surface area contributed by atoms with Crippen LogP contribution in [-0.4, -0.2) is 35.4 Å². The van der Waals surface area contributed by atoms with Crippen molar-refractivity contribution in [2.75, 3.05) is 6.61 Å². The van der Waals surface area contributed by atoms with Gasteiger partial charge in [-0.25, -0.2) is 4.39 Å². The maximum atomic E-state index is 13.5. The topological polar surface area (TPSA) is 58.6 Å². The van der Waals surface area contributed by atoms with Gasteiger partial charge >= 0.3 is 0 Å². The Kier molecular flexibility index (Phi) is 9.67. The highest BCUT2D eigenvalue weighted by Gasteiger charge is 2.31. The van der Waals surface area contributed by atoms with E-state index in [1.807, 2.05) is 44.2 Å². The molecule has 35 heavy (non-hydrogen) atoms. The minimum absolute atomic E-state index is 0.0498. The van der Waals surface area contributed by atoms with E-state index >= 15 is 0 Å². The second-order valence-electron chi connectivity index (χ2n) is 8.42. The molecule has 2 atom stereocenters. The van der Waals surface area contributed by atoms with Gasteiger partial charge < -0.3 is 15.0 Å². The zero-order chi connectivity index (χ0) is 25.2. The number of rotatable bonds is 11. The van der Waals surface area contributed by atoms with E-state index in [9.17, 15) is 14.0 Å². The molecule has 5 nitrogen and oxygen atoms in total. The number of nitrogens with one attached hydrogen (secondary N) is 1. The van der Waals surface area contributed by atoms with E-state index in [2.05, 4.69) is 5.32 Å². The Balaban J connectivity index is 1.90. The maximum Gasteiger partial charge on any atom is 0.261 e. The SMILES string of the molecule is CCC(C)NC(=O)C(Cc1ccccc1)N(Cc1ccc(F)cc1)C(=O)COc1cccc(Cl)c1. The van der Waals surface area contributed by atoms with Gasteiger partial charge in [0.2, 0.25) is 5.91 Å². The first-order valence-electron chi connectivity index (χ1n) is 11.6. The summed E-state index contributed by atoms with van der Waals surface area (Å²) in [5.41, 5.74) is 1.63. The van der Waals surface area contributed by atoms with Gasteiger partial charge in [0, 0.05) is 24.0 Å². The van der Waals surface area contributed by atoms with Gasteiger partial charge in [-0.3, -0.25) is 9.59 Å². The summed E-state index contributed by atoms with van der Waals surface area (Å²) in [5, 5.41) is 3.50. The fraction of sp³-hybridized carbons (Fsp3) is 0.286. The molecule has 1 N–H and O–H groups in total. The fourth-order valence-electron chi connectivity index (χ4n) is 3.57. The van der Waals surface area contributed by atoms with Gasteiger partial charge in [0.1, 0.15) is 17.6 Å². The Hall–Kier alpha value is -3.38. The van der Waals surface area contributed by atoms with Crippen molar-refractivity contribution in [1.82, 2.24) is 10.2 Å². The zero-order valence-corrected chi connectivity index (χ0v) is 20.7. The summed E-state index contributed by atoms with van der Waals surface area (Å²) in [6.07, 6.45) is 1.08. The fourth-order valence-corrected chi connectivity index (χ4v) is 3.75. The number of ether oxygens (including phenoxy) is 1. The molecule has 0 aromatic heterocycles. The Morgan fingerprint density at radius 3 is 2.37 bits per heavy atom. The van der Waals surface area contributed by atoms with Crippen molar-refractivity contribution in [2.45, 2.75) is 45.3 Å². The molecule has 0 bridgehead atoms. The van der Waals surface area contributed by atoms with E-state index in [4.69, 9.17) is 16.3 Å². The number of nitrogens with zero attached hydrogens (tertiary/aromatic N) is 1. The highest BCUT2D eigenvalue weighted by molar-refractivity contribution is 6.30. The van der Waals surface area contributed by atoms with Gasteiger partial charge in [-0.2, -0.15) is 0 Å². The third kappa shape index (κ3) is 8.11. The van der Waals surface area contributed by atoms with Crippen LogP contribution in [0.5, 0.6) is 5.75 Å². The molecule has 2 unspecified atom stereocenters. The first-order valence-corrected chi connectivity index (χ1v) is 12.0. The summed E-state index contributed by atoms with van der Waals surface area (Å²) >= 11 is 6.03. The first-order chi connectivity index (χ1) is 16.9. The first kappa shape index (κ1) is 26.2.